The number of nitrogens with zero attached hydrogens (tertiary/aromatic N) is 6. The molecular formula is C24H26N6O2. The van der Waals surface area contributed by atoms with E-state index in [1.807, 2.05) is 48.5 Å². The minimum atomic E-state index is -0.705. The van der Waals surface area contributed by atoms with Crippen molar-refractivity contribution in [2.45, 2.75) is 50.5 Å². The number of anilines is 1. The Balaban J connectivity index is 1.18. The van der Waals surface area contributed by atoms with E-state index in [1.54, 1.807) is 11.0 Å². The number of carbonyl (C=O) groups excluding carboxylic acids is 1. The van der Waals surface area contributed by atoms with Crippen LogP contribution in [-0.2, 0) is 9.53 Å². The van der Waals surface area contributed by atoms with Gasteiger partial charge in [0.05, 0.1) is 12.2 Å². The zero-order chi connectivity index (χ0) is 21.7. The van der Waals surface area contributed by atoms with Crippen LogP contribution in [0.15, 0.2) is 55.1 Å². The Morgan fingerprint density at radius 3 is 2.59 bits per heavy atom. The minimum absolute atomic E-state index is 0.104. The molecule has 0 bridgehead atoms. The lowest BCUT2D eigenvalue weighted by molar-refractivity contribution is -0.140. The molecule has 0 radical (unpaired) electrons. The van der Waals surface area contributed by atoms with Crippen molar-refractivity contribution in [1.82, 2.24) is 24.6 Å². The highest BCUT2D eigenvalue weighted by molar-refractivity contribution is 5.88. The van der Waals surface area contributed by atoms with E-state index in [4.69, 9.17) is 4.74 Å². The molecule has 0 saturated carbocycles. The lowest BCUT2D eigenvalue weighted by Gasteiger charge is -2.38. The molecule has 3 aliphatic heterocycles. The Morgan fingerprint density at radius 1 is 1.06 bits per heavy atom. The maximum atomic E-state index is 13.6. The van der Waals surface area contributed by atoms with Crippen molar-refractivity contribution in [2.75, 3.05) is 18.0 Å². The van der Waals surface area contributed by atoms with Crippen LogP contribution in [0.2, 0.25) is 0 Å². The normalized spacial score (nSPS) is 24.3. The van der Waals surface area contributed by atoms with Crippen LogP contribution in [-0.4, -0.2) is 55.5 Å². The second-order valence-corrected chi connectivity index (χ2v) is 8.97. The van der Waals surface area contributed by atoms with Crippen LogP contribution in [0, 0.1) is 6.92 Å². The topological polar surface area (TPSA) is 76.4 Å². The lowest BCUT2D eigenvalue weighted by atomic mass is 9.89. The van der Waals surface area contributed by atoms with Gasteiger partial charge in [-0.05, 0) is 30.9 Å². The van der Waals surface area contributed by atoms with E-state index in [-0.39, 0.29) is 18.2 Å². The van der Waals surface area contributed by atoms with Crippen LogP contribution in [0.1, 0.15) is 42.9 Å². The molecule has 3 saturated heterocycles. The van der Waals surface area contributed by atoms with Gasteiger partial charge in [-0.15, -0.1) is 0 Å². The quantitative estimate of drug-likeness (QED) is 0.636. The first kappa shape index (κ1) is 19.4. The maximum Gasteiger partial charge on any atom is 0.257 e. The summed E-state index contributed by atoms with van der Waals surface area (Å²) in [5, 5.41) is 4.34. The van der Waals surface area contributed by atoms with E-state index in [0.29, 0.717) is 12.8 Å². The predicted molar refractivity (Wildman–Crippen MR) is 118 cm³/mol. The van der Waals surface area contributed by atoms with Crippen molar-refractivity contribution in [3.63, 3.8) is 0 Å². The van der Waals surface area contributed by atoms with Gasteiger partial charge in [-0.2, -0.15) is 5.10 Å². The standard InChI is InChI=1S/C24H26N6O2/c1-17-14-27-29(15-17)21-13-20(25-16-26-21)28-11-9-24(10-12-28)23(31)30-19(7-8-22(30)32-24)18-5-3-2-4-6-18/h2-6,13-16,19,22H,7-12H2,1H3/t19-,22+/m0/s1. The molecule has 3 aromatic rings. The number of hydrogen-bond acceptors (Lipinski definition) is 6. The summed E-state index contributed by atoms with van der Waals surface area (Å²) in [4.78, 5) is 26.6. The molecule has 6 rings (SSSR count). The number of piperidine rings is 1. The molecular weight excluding hydrogens is 404 g/mol. The monoisotopic (exact) mass is 430 g/mol. The molecule has 164 valence electrons. The fraction of sp³-hybridized carbons (Fsp3) is 0.417. The summed E-state index contributed by atoms with van der Waals surface area (Å²) in [6, 6.07) is 12.4. The number of ether oxygens (including phenoxy) is 1. The van der Waals surface area contributed by atoms with Crippen molar-refractivity contribution in [2.24, 2.45) is 0 Å². The molecule has 0 unspecified atom stereocenters. The van der Waals surface area contributed by atoms with Crippen molar-refractivity contribution in [3.8, 4) is 5.82 Å². The SMILES string of the molecule is Cc1cnn(-c2cc(N3CCC4(CC3)O[C@@H]3CC[C@@H](c5ccccc5)N3C4=O)ncn2)c1. The van der Waals surface area contributed by atoms with Crippen molar-refractivity contribution in [1.29, 1.82) is 0 Å². The largest absolute Gasteiger partial charge is 0.356 e. The van der Waals surface area contributed by atoms with Gasteiger partial charge in [-0.3, -0.25) is 4.79 Å². The molecule has 0 N–H and O–H groups in total. The first-order chi connectivity index (χ1) is 15.6. The number of rotatable bonds is 3. The third kappa shape index (κ3) is 3.09. The first-order valence-corrected chi connectivity index (χ1v) is 11.3. The zero-order valence-corrected chi connectivity index (χ0v) is 18.1. The Kier molecular flexibility index (Phi) is 4.50. The third-order valence-corrected chi connectivity index (χ3v) is 6.98. The summed E-state index contributed by atoms with van der Waals surface area (Å²) in [5.41, 5.74) is 1.57. The first-order valence-electron chi connectivity index (χ1n) is 11.3. The molecule has 2 aromatic heterocycles. The van der Waals surface area contributed by atoms with Crippen LogP contribution in [0.25, 0.3) is 5.82 Å². The smallest absolute Gasteiger partial charge is 0.257 e. The van der Waals surface area contributed by atoms with Gasteiger partial charge in [0, 0.05) is 38.2 Å². The number of fused-ring (bicyclic) bond motifs is 1. The molecule has 32 heavy (non-hydrogen) atoms. The van der Waals surface area contributed by atoms with Gasteiger partial charge < -0.3 is 14.5 Å². The molecule has 8 nitrogen and oxygen atoms in total. The zero-order valence-electron chi connectivity index (χ0n) is 18.1. The second-order valence-electron chi connectivity index (χ2n) is 8.97. The second kappa shape index (κ2) is 7.41. The predicted octanol–water partition coefficient (Wildman–Crippen LogP) is 3.03. The van der Waals surface area contributed by atoms with E-state index in [1.165, 1.54) is 5.56 Å². The van der Waals surface area contributed by atoms with Crippen molar-refractivity contribution in [3.05, 3.63) is 66.2 Å². The molecule has 3 fully saturated rings. The molecule has 2 atom stereocenters. The molecule has 0 aliphatic carbocycles. The van der Waals surface area contributed by atoms with Gasteiger partial charge in [0.1, 0.15) is 18.4 Å². The number of benzene rings is 1. The molecule has 1 amide bonds. The van der Waals surface area contributed by atoms with E-state index >= 15 is 0 Å². The van der Waals surface area contributed by atoms with Gasteiger partial charge in [0.25, 0.3) is 5.91 Å². The molecule has 8 heteroatoms. The van der Waals surface area contributed by atoms with Crippen LogP contribution in [0.4, 0.5) is 5.82 Å². The molecule has 3 aliphatic rings. The summed E-state index contributed by atoms with van der Waals surface area (Å²) in [6.45, 7) is 3.44. The summed E-state index contributed by atoms with van der Waals surface area (Å²) in [7, 11) is 0. The lowest BCUT2D eigenvalue weighted by Crippen LogP contribution is -2.50. The number of hydrogen-bond donors (Lipinski definition) is 0. The highest BCUT2D eigenvalue weighted by atomic mass is 16.6. The maximum absolute atomic E-state index is 13.6. The molecule has 1 aromatic carbocycles. The average Bonchev–Trinajstić information content (AvgIpc) is 3.51. The van der Waals surface area contributed by atoms with Crippen LogP contribution in [0.5, 0.6) is 0 Å². The fourth-order valence-electron chi connectivity index (χ4n) is 5.32. The van der Waals surface area contributed by atoms with E-state index in [2.05, 4.69) is 32.1 Å². The Hall–Kier alpha value is -3.26. The Labute approximate surface area is 186 Å². The van der Waals surface area contributed by atoms with Gasteiger partial charge >= 0.3 is 0 Å². The third-order valence-electron chi connectivity index (χ3n) is 6.98. The van der Waals surface area contributed by atoms with Gasteiger partial charge in [0.15, 0.2) is 11.4 Å². The van der Waals surface area contributed by atoms with Gasteiger partial charge in [0.2, 0.25) is 0 Å². The van der Waals surface area contributed by atoms with Crippen LogP contribution in [0.3, 0.4) is 0 Å². The van der Waals surface area contributed by atoms with Crippen LogP contribution < -0.4 is 4.90 Å². The Bertz CT molecular complexity index is 1140. The summed E-state index contributed by atoms with van der Waals surface area (Å²) in [5.74, 6) is 1.75. The number of aryl methyl sites for hydroxylation is 1. The average molecular weight is 431 g/mol. The number of carbonyl (C=O) groups is 1. The van der Waals surface area contributed by atoms with E-state index in [9.17, 15) is 4.79 Å². The fourth-order valence-corrected chi connectivity index (χ4v) is 5.32. The molecule has 1 spiro atoms. The number of aromatic nitrogens is 4. The summed E-state index contributed by atoms with van der Waals surface area (Å²) < 4.78 is 8.22. The van der Waals surface area contributed by atoms with E-state index < -0.39 is 5.60 Å². The van der Waals surface area contributed by atoms with Crippen molar-refractivity contribution >= 4 is 11.7 Å². The highest BCUT2D eigenvalue weighted by Gasteiger charge is 2.57. The summed E-state index contributed by atoms with van der Waals surface area (Å²) in [6.07, 6.45) is 8.41. The Morgan fingerprint density at radius 2 is 1.84 bits per heavy atom. The highest BCUT2D eigenvalue weighted by Crippen LogP contribution is 2.47. The van der Waals surface area contributed by atoms with Gasteiger partial charge in [-0.1, -0.05) is 30.3 Å². The summed E-state index contributed by atoms with van der Waals surface area (Å²) >= 11 is 0. The van der Waals surface area contributed by atoms with Gasteiger partial charge in [-0.25, -0.2) is 14.6 Å². The molecule has 5 heterocycles. The van der Waals surface area contributed by atoms with E-state index in [0.717, 1.165) is 43.1 Å². The van der Waals surface area contributed by atoms with Crippen molar-refractivity contribution < 1.29 is 9.53 Å². The van der Waals surface area contributed by atoms with Crippen LogP contribution >= 0.6 is 0 Å². The number of amides is 1. The minimum Gasteiger partial charge on any atom is -0.356 e.